The number of amides is 2. The van der Waals surface area contributed by atoms with E-state index in [0.29, 0.717) is 37.6 Å². The first kappa shape index (κ1) is 18.0. The molecule has 0 radical (unpaired) electrons. The SMILES string of the molecule is NC(=O)c1cc(F)c(=S)[nH]c1Nc1ccc(C(=O)N2CCOCC2)cc1. The highest BCUT2D eigenvalue weighted by molar-refractivity contribution is 7.71. The second kappa shape index (κ2) is 7.63. The summed E-state index contributed by atoms with van der Waals surface area (Å²) in [6.07, 6.45) is 0. The van der Waals surface area contributed by atoms with Gasteiger partial charge in [0.1, 0.15) is 10.5 Å². The molecule has 136 valence electrons. The highest BCUT2D eigenvalue weighted by Gasteiger charge is 2.18. The molecule has 2 amide bonds. The standard InChI is InChI=1S/C17H17FN4O3S/c18-13-9-12(14(19)23)15(21-16(13)26)20-11-3-1-10(2-4-11)17(24)22-5-7-25-8-6-22/h1-4,9H,5-8H2,(H2,19,23)(H2,20,21,26). The van der Waals surface area contributed by atoms with E-state index in [9.17, 15) is 14.0 Å². The van der Waals surface area contributed by atoms with Crippen LogP contribution in [0.1, 0.15) is 20.7 Å². The van der Waals surface area contributed by atoms with Crippen molar-refractivity contribution in [3.05, 3.63) is 51.9 Å². The van der Waals surface area contributed by atoms with Crippen LogP contribution in [0.2, 0.25) is 0 Å². The minimum absolute atomic E-state index is 0.0513. The van der Waals surface area contributed by atoms with Crippen LogP contribution in [-0.2, 0) is 4.74 Å². The van der Waals surface area contributed by atoms with E-state index in [1.807, 2.05) is 0 Å². The molecule has 7 nitrogen and oxygen atoms in total. The lowest BCUT2D eigenvalue weighted by Gasteiger charge is -2.26. The topological polar surface area (TPSA) is 100 Å². The molecule has 26 heavy (non-hydrogen) atoms. The van der Waals surface area contributed by atoms with Gasteiger partial charge in [-0.3, -0.25) is 9.59 Å². The van der Waals surface area contributed by atoms with Gasteiger partial charge < -0.3 is 25.7 Å². The third kappa shape index (κ3) is 3.89. The molecule has 1 fully saturated rings. The number of nitrogens with zero attached hydrogens (tertiary/aromatic N) is 1. The molecule has 4 N–H and O–H groups in total. The second-order valence-electron chi connectivity index (χ2n) is 5.71. The summed E-state index contributed by atoms with van der Waals surface area (Å²) >= 11 is 4.85. The van der Waals surface area contributed by atoms with Crippen LogP contribution in [0, 0.1) is 10.5 Å². The van der Waals surface area contributed by atoms with E-state index in [1.165, 1.54) is 0 Å². The van der Waals surface area contributed by atoms with Crippen LogP contribution in [0.15, 0.2) is 30.3 Å². The largest absolute Gasteiger partial charge is 0.378 e. The molecule has 0 spiro atoms. The molecule has 0 saturated carbocycles. The Morgan fingerprint density at radius 1 is 1.23 bits per heavy atom. The Morgan fingerprint density at radius 2 is 1.88 bits per heavy atom. The second-order valence-corrected chi connectivity index (χ2v) is 6.11. The first-order chi connectivity index (χ1) is 12.5. The number of hydrogen-bond acceptors (Lipinski definition) is 5. The fourth-order valence-electron chi connectivity index (χ4n) is 2.59. The molecule has 0 atom stereocenters. The molecule has 2 aromatic rings. The molecule has 1 aromatic carbocycles. The molecular formula is C17H17FN4O3S. The number of carbonyl (C=O) groups excluding carboxylic acids is 2. The van der Waals surface area contributed by atoms with Crippen LogP contribution < -0.4 is 11.1 Å². The molecule has 1 aliphatic rings. The summed E-state index contributed by atoms with van der Waals surface area (Å²) in [6, 6.07) is 7.68. The molecule has 3 rings (SSSR count). The van der Waals surface area contributed by atoms with Gasteiger partial charge in [0.2, 0.25) is 0 Å². The van der Waals surface area contributed by atoms with Crippen LogP contribution in [0.25, 0.3) is 0 Å². The minimum Gasteiger partial charge on any atom is -0.378 e. The summed E-state index contributed by atoms with van der Waals surface area (Å²) in [4.78, 5) is 28.2. The van der Waals surface area contributed by atoms with Gasteiger partial charge in [-0.1, -0.05) is 12.2 Å². The fraction of sp³-hybridized carbons (Fsp3) is 0.235. The minimum atomic E-state index is -0.795. The van der Waals surface area contributed by atoms with Crippen LogP contribution in [0.5, 0.6) is 0 Å². The van der Waals surface area contributed by atoms with E-state index < -0.39 is 11.7 Å². The van der Waals surface area contributed by atoms with E-state index in [0.717, 1.165) is 6.07 Å². The lowest BCUT2D eigenvalue weighted by molar-refractivity contribution is 0.0303. The number of halogens is 1. The third-order valence-corrected chi connectivity index (χ3v) is 4.26. The Morgan fingerprint density at radius 3 is 2.50 bits per heavy atom. The van der Waals surface area contributed by atoms with E-state index in [4.69, 9.17) is 22.7 Å². The summed E-state index contributed by atoms with van der Waals surface area (Å²) in [5.74, 6) is -1.41. The predicted octanol–water partition coefficient (Wildman–Crippen LogP) is 2.20. The third-order valence-electron chi connectivity index (χ3n) is 3.96. The van der Waals surface area contributed by atoms with E-state index in [1.54, 1.807) is 29.2 Å². The zero-order valence-electron chi connectivity index (χ0n) is 13.8. The summed E-state index contributed by atoms with van der Waals surface area (Å²) in [5, 5.41) is 2.93. The summed E-state index contributed by atoms with van der Waals surface area (Å²) in [5.41, 5.74) is 6.35. The molecule has 9 heteroatoms. The predicted molar refractivity (Wildman–Crippen MR) is 96.5 cm³/mol. The maximum Gasteiger partial charge on any atom is 0.254 e. The number of aromatic nitrogens is 1. The number of morpholine rings is 1. The lowest BCUT2D eigenvalue weighted by atomic mass is 10.1. The van der Waals surface area contributed by atoms with Gasteiger partial charge in [0.05, 0.1) is 18.8 Å². The molecule has 0 unspecified atom stereocenters. The number of anilines is 2. The average Bonchev–Trinajstić information content (AvgIpc) is 2.65. The molecule has 1 aliphatic heterocycles. The number of hydrogen-bond donors (Lipinski definition) is 3. The smallest absolute Gasteiger partial charge is 0.254 e. The Hall–Kier alpha value is -2.78. The number of nitrogens with one attached hydrogen (secondary N) is 2. The van der Waals surface area contributed by atoms with Crippen molar-refractivity contribution in [3.8, 4) is 0 Å². The Kier molecular flexibility index (Phi) is 5.29. The Balaban J connectivity index is 1.79. The Labute approximate surface area is 154 Å². The van der Waals surface area contributed by atoms with Gasteiger partial charge in [-0.05, 0) is 30.3 Å². The van der Waals surface area contributed by atoms with Crippen molar-refractivity contribution < 1.29 is 18.7 Å². The first-order valence-corrected chi connectivity index (χ1v) is 8.33. The van der Waals surface area contributed by atoms with Gasteiger partial charge in [-0.2, -0.15) is 0 Å². The molecule has 0 bridgehead atoms. The Bertz CT molecular complexity index is 892. The number of H-pyrrole nitrogens is 1. The van der Waals surface area contributed by atoms with Gasteiger partial charge in [0, 0.05) is 24.3 Å². The number of rotatable bonds is 4. The number of benzene rings is 1. The van der Waals surface area contributed by atoms with Gasteiger partial charge in [-0.15, -0.1) is 0 Å². The van der Waals surface area contributed by atoms with Crippen LogP contribution in [-0.4, -0.2) is 48.0 Å². The average molecular weight is 376 g/mol. The first-order valence-electron chi connectivity index (χ1n) is 7.92. The van der Waals surface area contributed by atoms with Gasteiger partial charge in [0.15, 0.2) is 5.82 Å². The zero-order chi connectivity index (χ0) is 18.7. The summed E-state index contributed by atoms with van der Waals surface area (Å²) in [7, 11) is 0. The van der Waals surface area contributed by atoms with Crippen LogP contribution in [0.3, 0.4) is 0 Å². The quantitative estimate of drug-likeness (QED) is 0.711. The van der Waals surface area contributed by atoms with Crippen molar-refractivity contribution in [3.63, 3.8) is 0 Å². The summed E-state index contributed by atoms with van der Waals surface area (Å²) < 4.78 is 18.7. The number of primary amides is 1. The fourth-order valence-corrected chi connectivity index (χ4v) is 2.75. The van der Waals surface area contributed by atoms with E-state index in [2.05, 4.69) is 10.3 Å². The molecule has 1 aromatic heterocycles. The molecule has 2 heterocycles. The van der Waals surface area contributed by atoms with Gasteiger partial charge in [0.25, 0.3) is 11.8 Å². The monoisotopic (exact) mass is 376 g/mol. The van der Waals surface area contributed by atoms with Crippen molar-refractivity contribution in [1.82, 2.24) is 9.88 Å². The lowest BCUT2D eigenvalue weighted by Crippen LogP contribution is -2.40. The van der Waals surface area contributed by atoms with Crippen LogP contribution >= 0.6 is 12.2 Å². The molecular weight excluding hydrogens is 359 g/mol. The number of pyridine rings is 1. The number of aromatic amines is 1. The van der Waals surface area contributed by atoms with Crippen molar-refractivity contribution in [1.29, 1.82) is 0 Å². The van der Waals surface area contributed by atoms with E-state index in [-0.39, 0.29) is 21.9 Å². The van der Waals surface area contributed by atoms with Crippen LogP contribution in [0.4, 0.5) is 15.9 Å². The number of nitrogens with two attached hydrogens (primary N) is 1. The maximum atomic E-state index is 13.6. The molecule has 1 saturated heterocycles. The van der Waals surface area contributed by atoms with E-state index >= 15 is 0 Å². The zero-order valence-corrected chi connectivity index (χ0v) is 14.6. The van der Waals surface area contributed by atoms with Gasteiger partial charge >= 0.3 is 0 Å². The number of carbonyl (C=O) groups is 2. The normalized spacial score (nSPS) is 14.1. The summed E-state index contributed by atoms with van der Waals surface area (Å²) in [6.45, 7) is 2.19. The molecule has 0 aliphatic carbocycles. The van der Waals surface area contributed by atoms with Crippen molar-refractivity contribution >= 4 is 35.5 Å². The van der Waals surface area contributed by atoms with Crippen molar-refractivity contribution in [2.45, 2.75) is 0 Å². The highest BCUT2D eigenvalue weighted by atomic mass is 32.1. The maximum absolute atomic E-state index is 13.6. The number of ether oxygens (including phenoxy) is 1. The van der Waals surface area contributed by atoms with Gasteiger partial charge in [-0.25, -0.2) is 4.39 Å². The van der Waals surface area contributed by atoms with Crippen molar-refractivity contribution in [2.24, 2.45) is 5.73 Å². The highest BCUT2D eigenvalue weighted by Crippen LogP contribution is 2.21. The van der Waals surface area contributed by atoms with Crippen molar-refractivity contribution in [2.75, 3.05) is 31.6 Å².